The van der Waals surface area contributed by atoms with Crippen molar-refractivity contribution in [3.05, 3.63) is 54.1 Å². The first kappa shape index (κ1) is 19.3. The fourth-order valence-corrected chi connectivity index (χ4v) is 3.81. The maximum Gasteiger partial charge on any atom is 0.241 e. The highest BCUT2D eigenvalue weighted by Gasteiger charge is 2.22. The van der Waals surface area contributed by atoms with E-state index in [2.05, 4.69) is 18.6 Å². The zero-order chi connectivity index (χ0) is 18.4. The van der Waals surface area contributed by atoms with Crippen LogP contribution >= 0.6 is 0 Å². The van der Waals surface area contributed by atoms with E-state index in [9.17, 15) is 8.42 Å². The van der Waals surface area contributed by atoms with E-state index in [0.717, 1.165) is 11.3 Å². The summed E-state index contributed by atoms with van der Waals surface area (Å²) in [5, 5.41) is 0. The number of ether oxygens (including phenoxy) is 2. The number of hydrogen-bond donors (Lipinski definition) is 1. The second-order valence-corrected chi connectivity index (χ2v) is 7.97. The van der Waals surface area contributed by atoms with Gasteiger partial charge in [0.2, 0.25) is 10.0 Å². The van der Waals surface area contributed by atoms with Gasteiger partial charge in [-0.2, -0.15) is 0 Å². The second-order valence-electron chi connectivity index (χ2n) is 6.25. The Hall–Kier alpha value is -2.05. The molecule has 0 aliphatic heterocycles. The smallest absolute Gasteiger partial charge is 0.241 e. The zero-order valence-corrected chi connectivity index (χ0v) is 15.8. The summed E-state index contributed by atoms with van der Waals surface area (Å²) in [7, 11) is -0.481. The van der Waals surface area contributed by atoms with E-state index in [1.165, 1.54) is 0 Å². The summed E-state index contributed by atoms with van der Waals surface area (Å²) in [4.78, 5) is 0.218. The van der Waals surface area contributed by atoms with Gasteiger partial charge < -0.3 is 9.47 Å². The van der Waals surface area contributed by atoms with E-state index in [-0.39, 0.29) is 10.9 Å². The van der Waals surface area contributed by atoms with Crippen LogP contribution in [0.1, 0.15) is 31.9 Å². The normalized spacial score (nSPS) is 12.8. The monoisotopic (exact) mass is 363 g/mol. The quantitative estimate of drug-likeness (QED) is 0.775. The van der Waals surface area contributed by atoms with E-state index >= 15 is 0 Å². The molecule has 1 atom stereocenters. The van der Waals surface area contributed by atoms with Gasteiger partial charge in [-0.3, -0.25) is 0 Å². The predicted molar refractivity (Wildman–Crippen MR) is 98.5 cm³/mol. The highest BCUT2D eigenvalue weighted by molar-refractivity contribution is 7.89. The van der Waals surface area contributed by atoms with Crippen LogP contribution < -0.4 is 14.2 Å². The lowest BCUT2D eigenvalue weighted by Gasteiger charge is -2.21. The molecule has 0 saturated heterocycles. The van der Waals surface area contributed by atoms with Crippen LogP contribution in [-0.2, 0) is 10.0 Å². The van der Waals surface area contributed by atoms with Crippen molar-refractivity contribution in [3.8, 4) is 11.5 Å². The third-order valence-corrected chi connectivity index (χ3v) is 5.38. The van der Waals surface area contributed by atoms with Crippen molar-refractivity contribution in [1.29, 1.82) is 0 Å². The van der Waals surface area contributed by atoms with Crippen molar-refractivity contribution in [1.82, 2.24) is 4.72 Å². The summed E-state index contributed by atoms with van der Waals surface area (Å²) in [5.41, 5.74) is 0.909. The summed E-state index contributed by atoms with van der Waals surface area (Å²) in [6, 6.07) is 13.5. The van der Waals surface area contributed by atoms with Crippen LogP contribution in [0.5, 0.6) is 11.5 Å². The lowest BCUT2D eigenvalue weighted by molar-refractivity contribution is 0.414. The van der Waals surface area contributed by atoms with Crippen molar-refractivity contribution in [2.24, 2.45) is 5.92 Å². The van der Waals surface area contributed by atoms with E-state index < -0.39 is 10.0 Å². The highest BCUT2D eigenvalue weighted by Crippen LogP contribution is 2.26. The summed E-state index contributed by atoms with van der Waals surface area (Å²) < 4.78 is 38.6. The number of sulfonamides is 1. The van der Waals surface area contributed by atoms with Crippen molar-refractivity contribution in [2.75, 3.05) is 14.2 Å². The lowest BCUT2D eigenvalue weighted by atomic mass is 9.98. The van der Waals surface area contributed by atoms with Gasteiger partial charge in [-0.05, 0) is 54.3 Å². The molecule has 0 fully saturated rings. The van der Waals surface area contributed by atoms with Gasteiger partial charge in [0.25, 0.3) is 0 Å². The standard InChI is InChI=1S/C19H25NO4S/c1-14(2)13-19(15-5-7-16(23-3)8-6-15)20-25(21,22)18-11-9-17(24-4)10-12-18/h5-12,14,19-20H,13H2,1-4H3/t19-/m1/s1. The van der Waals surface area contributed by atoms with Crippen molar-refractivity contribution in [2.45, 2.75) is 31.2 Å². The summed E-state index contributed by atoms with van der Waals surface area (Å²) >= 11 is 0. The fourth-order valence-electron chi connectivity index (χ4n) is 2.57. The molecule has 0 bridgehead atoms. The minimum atomic E-state index is -3.63. The topological polar surface area (TPSA) is 64.6 Å². The molecule has 5 nitrogen and oxygen atoms in total. The van der Waals surface area contributed by atoms with Gasteiger partial charge in [-0.25, -0.2) is 13.1 Å². The van der Waals surface area contributed by atoms with Gasteiger partial charge in [0, 0.05) is 6.04 Å². The first-order valence-corrected chi connectivity index (χ1v) is 9.64. The van der Waals surface area contributed by atoms with Crippen LogP contribution in [0, 0.1) is 5.92 Å². The van der Waals surface area contributed by atoms with E-state index in [1.54, 1.807) is 38.5 Å². The molecule has 0 aliphatic rings. The molecule has 2 aromatic carbocycles. The Morgan fingerprint density at radius 2 is 1.36 bits per heavy atom. The zero-order valence-electron chi connectivity index (χ0n) is 15.0. The Morgan fingerprint density at radius 3 is 1.80 bits per heavy atom. The molecule has 6 heteroatoms. The molecule has 0 saturated carbocycles. The number of nitrogens with one attached hydrogen (secondary N) is 1. The van der Waals surface area contributed by atoms with Crippen LogP contribution in [0.4, 0.5) is 0 Å². The van der Waals surface area contributed by atoms with Gasteiger partial charge in [0.05, 0.1) is 19.1 Å². The van der Waals surface area contributed by atoms with E-state index in [0.29, 0.717) is 18.1 Å². The molecule has 2 rings (SSSR count). The Labute approximate surface area is 150 Å². The molecule has 0 radical (unpaired) electrons. The summed E-state index contributed by atoms with van der Waals surface area (Å²) in [6.45, 7) is 4.14. The van der Waals surface area contributed by atoms with Gasteiger partial charge in [-0.15, -0.1) is 0 Å². The molecule has 0 unspecified atom stereocenters. The Kier molecular flexibility index (Phi) is 6.45. The highest BCUT2D eigenvalue weighted by atomic mass is 32.2. The first-order valence-electron chi connectivity index (χ1n) is 8.16. The summed E-state index contributed by atoms with van der Waals surface area (Å²) in [6.07, 6.45) is 0.696. The molecule has 1 N–H and O–H groups in total. The number of benzene rings is 2. The van der Waals surface area contributed by atoms with Crippen LogP contribution in [0.2, 0.25) is 0 Å². The number of hydrogen-bond acceptors (Lipinski definition) is 4. The SMILES string of the molecule is COc1ccc([C@@H](CC(C)C)NS(=O)(=O)c2ccc(OC)cc2)cc1. The van der Waals surface area contributed by atoms with Crippen LogP contribution in [0.3, 0.4) is 0 Å². The number of rotatable bonds is 8. The first-order chi connectivity index (χ1) is 11.9. The molecule has 2 aromatic rings. The maximum absolute atomic E-state index is 12.7. The van der Waals surface area contributed by atoms with Crippen LogP contribution in [0.15, 0.2) is 53.4 Å². The van der Waals surface area contributed by atoms with E-state index in [4.69, 9.17) is 9.47 Å². The number of methoxy groups -OCH3 is 2. The van der Waals surface area contributed by atoms with Crippen molar-refractivity contribution in [3.63, 3.8) is 0 Å². The largest absolute Gasteiger partial charge is 0.497 e. The van der Waals surface area contributed by atoms with Gasteiger partial charge in [0.1, 0.15) is 11.5 Å². The Morgan fingerprint density at radius 1 is 0.880 bits per heavy atom. The minimum Gasteiger partial charge on any atom is -0.497 e. The lowest BCUT2D eigenvalue weighted by Crippen LogP contribution is -2.29. The predicted octanol–water partition coefficient (Wildman–Crippen LogP) is 3.77. The molecule has 136 valence electrons. The maximum atomic E-state index is 12.7. The average Bonchev–Trinajstić information content (AvgIpc) is 2.60. The summed E-state index contributed by atoms with van der Waals surface area (Å²) in [5.74, 6) is 1.70. The fraction of sp³-hybridized carbons (Fsp3) is 0.368. The van der Waals surface area contributed by atoms with Gasteiger partial charge in [-0.1, -0.05) is 26.0 Å². The molecular formula is C19H25NO4S. The second kappa shape index (κ2) is 8.36. The molecule has 0 aliphatic carbocycles. The molecule has 0 amide bonds. The Bertz CT molecular complexity index is 768. The third kappa shape index (κ3) is 5.21. The van der Waals surface area contributed by atoms with Gasteiger partial charge >= 0.3 is 0 Å². The molecular weight excluding hydrogens is 338 g/mol. The van der Waals surface area contributed by atoms with Crippen molar-refractivity contribution < 1.29 is 17.9 Å². The Balaban J connectivity index is 2.27. The molecule has 0 spiro atoms. The molecule has 25 heavy (non-hydrogen) atoms. The van der Waals surface area contributed by atoms with Crippen LogP contribution in [-0.4, -0.2) is 22.6 Å². The van der Waals surface area contributed by atoms with Crippen molar-refractivity contribution >= 4 is 10.0 Å². The van der Waals surface area contributed by atoms with Gasteiger partial charge in [0.15, 0.2) is 0 Å². The van der Waals surface area contributed by atoms with Crippen LogP contribution in [0.25, 0.3) is 0 Å². The molecule has 0 heterocycles. The minimum absolute atomic E-state index is 0.218. The van der Waals surface area contributed by atoms with E-state index in [1.807, 2.05) is 24.3 Å². The molecule has 0 aromatic heterocycles. The average molecular weight is 363 g/mol. The third-order valence-electron chi connectivity index (χ3n) is 3.89.